The van der Waals surface area contributed by atoms with Gasteiger partial charge in [-0.15, -0.1) is 0 Å². The van der Waals surface area contributed by atoms with Gasteiger partial charge in [0.15, 0.2) is 0 Å². The maximum Gasteiger partial charge on any atom is 0.126 e. The first-order valence-corrected chi connectivity index (χ1v) is 7.59. The topological polar surface area (TPSA) is 18.5 Å². The summed E-state index contributed by atoms with van der Waals surface area (Å²) in [5, 5.41) is 0. The fraction of sp³-hybridized carbons (Fsp3) is 0.250. The van der Waals surface area contributed by atoms with Crippen molar-refractivity contribution in [1.29, 1.82) is 0 Å². The summed E-state index contributed by atoms with van der Waals surface area (Å²) in [5.41, 5.74) is 3.60. The van der Waals surface area contributed by atoms with Crippen LogP contribution in [0.3, 0.4) is 0 Å². The van der Waals surface area contributed by atoms with Crippen molar-refractivity contribution in [3.8, 4) is 5.75 Å². The van der Waals surface area contributed by atoms with Crippen LogP contribution in [0.4, 0.5) is 0 Å². The minimum atomic E-state index is 0.559. The average Bonchev–Trinajstić information content (AvgIpc) is 2.55. The molecule has 0 N–H and O–H groups in total. The Labute approximate surface area is 133 Å². The van der Waals surface area contributed by atoms with Gasteiger partial charge in [0.2, 0.25) is 0 Å². The zero-order chi connectivity index (χ0) is 15.6. The van der Waals surface area contributed by atoms with Crippen LogP contribution in [0.2, 0.25) is 0 Å². The van der Waals surface area contributed by atoms with E-state index in [2.05, 4.69) is 55.8 Å². The second-order valence-electron chi connectivity index (χ2n) is 5.07. The Morgan fingerprint density at radius 1 is 0.955 bits per heavy atom. The molecular weight excluding hydrogens is 272 g/mol. The highest BCUT2D eigenvalue weighted by atomic mass is 16.5. The van der Waals surface area contributed by atoms with Crippen molar-refractivity contribution in [1.82, 2.24) is 0 Å². The molecule has 2 rings (SSSR count). The van der Waals surface area contributed by atoms with Crippen LogP contribution in [-0.4, -0.2) is 20.3 Å². The van der Waals surface area contributed by atoms with Crippen LogP contribution >= 0.6 is 0 Å². The Bertz CT molecular complexity index is 602. The van der Waals surface area contributed by atoms with Gasteiger partial charge in [-0.25, -0.2) is 0 Å². The van der Waals surface area contributed by atoms with Gasteiger partial charge < -0.3 is 9.47 Å². The number of ether oxygens (including phenoxy) is 2. The van der Waals surface area contributed by atoms with Crippen molar-refractivity contribution >= 4 is 12.2 Å². The molecule has 2 nitrogen and oxygen atoms in total. The second kappa shape index (κ2) is 9.06. The van der Waals surface area contributed by atoms with Gasteiger partial charge in [-0.3, -0.25) is 0 Å². The third kappa shape index (κ3) is 5.05. The summed E-state index contributed by atoms with van der Waals surface area (Å²) in [5.74, 6) is 0.883. The molecule has 2 aromatic carbocycles. The van der Waals surface area contributed by atoms with Gasteiger partial charge in [-0.05, 0) is 30.0 Å². The van der Waals surface area contributed by atoms with Gasteiger partial charge in [-0.2, -0.15) is 0 Å². The number of methoxy groups -OCH3 is 1. The molecule has 2 aromatic rings. The van der Waals surface area contributed by atoms with Gasteiger partial charge in [0.1, 0.15) is 12.4 Å². The lowest BCUT2D eigenvalue weighted by molar-refractivity contribution is 0.146. The summed E-state index contributed by atoms with van der Waals surface area (Å²) in [6, 6.07) is 16.6. The first-order chi connectivity index (χ1) is 10.8. The fourth-order valence-corrected chi connectivity index (χ4v) is 2.23. The number of benzene rings is 2. The summed E-state index contributed by atoms with van der Waals surface area (Å²) < 4.78 is 10.8. The van der Waals surface area contributed by atoms with Crippen LogP contribution in [0.1, 0.15) is 23.6 Å². The summed E-state index contributed by atoms with van der Waals surface area (Å²) in [7, 11) is 1.68. The van der Waals surface area contributed by atoms with Crippen molar-refractivity contribution in [2.45, 2.75) is 13.3 Å². The standard InChI is InChI=1S/C20H23O2/c1-3-7-17-8-6-9-18(16-17)12-13-19-10-4-5-11-20(19)22-15-14-21-2/h3-6,8-13,16H,7,14-15H2,1-2H3/b13-12-. The van der Waals surface area contributed by atoms with E-state index in [4.69, 9.17) is 9.47 Å². The van der Waals surface area contributed by atoms with E-state index >= 15 is 0 Å². The molecule has 0 amide bonds. The molecule has 22 heavy (non-hydrogen) atoms. The smallest absolute Gasteiger partial charge is 0.126 e. The van der Waals surface area contributed by atoms with E-state index in [0.29, 0.717) is 13.2 Å². The summed E-state index contributed by atoms with van der Waals surface area (Å²) >= 11 is 0. The highest BCUT2D eigenvalue weighted by Gasteiger charge is 1.99. The molecule has 0 heterocycles. The maximum absolute atomic E-state index is 5.75. The van der Waals surface area contributed by atoms with E-state index in [1.165, 1.54) is 11.1 Å². The van der Waals surface area contributed by atoms with Crippen LogP contribution in [0.25, 0.3) is 12.2 Å². The highest BCUT2D eigenvalue weighted by molar-refractivity contribution is 5.72. The molecule has 115 valence electrons. The molecular formula is C20H23O2. The number of hydrogen-bond donors (Lipinski definition) is 0. The molecule has 0 atom stereocenters. The summed E-state index contributed by atoms with van der Waals surface area (Å²) in [6.07, 6.45) is 7.38. The molecule has 2 heteroatoms. The Kier molecular flexibility index (Phi) is 6.72. The molecule has 0 spiro atoms. The molecule has 0 unspecified atom stereocenters. The number of hydrogen-bond acceptors (Lipinski definition) is 2. The Morgan fingerprint density at radius 2 is 1.82 bits per heavy atom. The van der Waals surface area contributed by atoms with Crippen LogP contribution < -0.4 is 4.74 Å². The second-order valence-corrected chi connectivity index (χ2v) is 5.07. The van der Waals surface area contributed by atoms with E-state index in [-0.39, 0.29) is 0 Å². The predicted octanol–water partition coefficient (Wildman–Crippen LogP) is 4.65. The number of rotatable bonds is 8. The van der Waals surface area contributed by atoms with E-state index in [1.807, 2.05) is 18.2 Å². The minimum Gasteiger partial charge on any atom is -0.491 e. The first-order valence-electron chi connectivity index (χ1n) is 7.59. The average molecular weight is 295 g/mol. The third-order valence-electron chi connectivity index (χ3n) is 3.31. The minimum absolute atomic E-state index is 0.559. The molecule has 0 fully saturated rings. The van der Waals surface area contributed by atoms with Crippen molar-refractivity contribution in [2.75, 3.05) is 20.3 Å². The normalized spacial score (nSPS) is 11.0. The van der Waals surface area contributed by atoms with Crippen molar-refractivity contribution < 1.29 is 9.47 Å². The lowest BCUT2D eigenvalue weighted by atomic mass is 10.1. The molecule has 0 aromatic heterocycles. The van der Waals surface area contributed by atoms with E-state index in [1.54, 1.807) is 7.11 Å². The van der Waals surface area contributed by atoms with Crippen molar-refractivity contribution in [2.24, 2.45) is 0 Å². The molecule has 0 aliphatic heterocycles. The summed E-state index contributed by atoms with van der Waals surface area (Å²) in [4.78, 5) is 0. The lowest BCUT2D eigenvalue weighted by Crippen LogP contribution is -2.04. The lowest BCUT2D eigenvalue weighted by Gasteiger charge is -2.08. The van der Waals surface area contributed by atoms with E-state index in [0.717, 1.165) is 17.7 Å². The van der Waals surface area contributed by atoms with Crippen molar-refractivity contribution in [3.63, 3.8) is 0 Å². The summed E-state index contributed by atoms with van der Waals surface area (Å²) in [6.45, 7) is 3.23. The molecule has 0 saturated carbocycles. The van der Waals surface area contributed by atoms with Crippen LogP contribution in [0.5, 0.6) is 5.75 Å². The van der Waals surface area contributed by atoms with Crippen LogP contribution in [0.15, 0.2) is 48.5 Å². The highest BCUT2D eigenvalue weighted by Crippen LogP contribution is 2.21. The van der Waals surface area contributed by atoms with Gasteiger partial charge in [-0.1, -0.05) is 61.5 Å². The number of para-hydroxylation sites is 1. The first kappa shape index (κ1) is 16.3. The van der Waals surface area contributed by atoms with Crippen LogP contribution in [-0.2, 0) is 11.2 Å². The van der Waals surface area contributed by atoms with Crippen LogP contribution in [0, 0.1) is 6.42 Å². The SMILES string of the molecule is C[CH]Cc1cccc(/C=C\c2ccccc2OCCOC)c1. The van der Waals surface area contributed by atoms with E-state index in [9.17, 15) is 0 Å². The van der Waals surface area contributed by atoms with Gasteiger partial charge >= 0.3 is 0 Å². The maximum atomic E-state index is 5.75. The fourth-order valence-electron chi connectivity index (χ4n) is 2.23. The zero-order valence-corrected chi connectivity index (χ0v) is 13.3. The molecule has 0 saturated heterocycles. The molecule has 1 radical (unpaired) electrons. The molecule has 0 bridgehead atoms. The Balaban J connectivity index is 2.10. The molecule has 0 aliphatic rings. The quantitative estimate of drug-likeness (QED) is 0.521. The van der Waals surface area contributed by atoms with Gasteiger partial charge in [0, 0.05) is 12.7 Å². The third-order valence-corrected chi connectivity index (χ3v) is 3.31. The van der Waals surface area contributed by atoms with Gasteiger partial charge in [0.05, 0.1) is 6.61 Å². The zero-order valence-electron chi connectivity index (χ0n) is 13.3. The Morgan fingerprint density at radius 3 is 2.64 bits per heavy atom. The molecule has 0 aliphatic carbocycles. The largest absolute Gasteiger partial charge is 0.491 e. The monoisotopic (exact) mass is 295 g/mol. The predicted molar refractivity (Wildman–Crippen MR) is 92.9 cm³/mol. The van der Waals surface area contributed by atoms with Gasteiger partial charge in [0.25, 0.3) is 0 Å². The van der Waals surface area contributed by atoms with E-state index < -0.39 is 0 Å². The van der Waals surface area contributed by atoms with Crippen molar-refractivity contribution in [3.05, 3.63) is 71.6 Å². The Hall–Kier alpha value is -2.06.